The van der Waals surface area contributed by atoms with Gasteiger partial charge in [0.05, 0.1) is 12.2 Å². The van der Waals surface area contributed by atoms with E-state index in [1.807, 2.05) is 13.8 Å². The SMILES string of the molecule is C=C(C)CC(OC(CC(=C)C)c1ccc(C=CC)cc1)c1ccc(C=CC)cc1. The lowest BCUT2D eigenvalue weighted by Gasteiger charge is -2.26. The molecule has 0 heterocycles. The lowest BCUT2D eigenvalue weighted by Crippen LogP contribution is -2.12. The number of benzene rings is 2. The third kappa shape index (κ3) is 7.36. The monoisotopic (exact) mass is 386 g/mol. The standard InChI is InChI=1S/C28H34O/c1-7-9-23-11-15-25(16-12-23)27(19-21(3)4)29-28(20-22(5)6)26-17-13-24(10-8-2)14-18-26/h7-18,27-28H,3,5,19-20H2,1-2,4,6H3. The van der Waals surface area contributed by atoms with Gasteiger partial charge in [-0.15, -0.1) is 13.2 Å². The van der Waals surface area contributed by atoms with Gasteiger partial charge in [0.15, 0.2) is 0 Å². The zero-order chi connectivity index (χ0) is 21.2. The summed E-state index contributed by atoms with van der Waals surface area (Å²) in [5.41, 5.74) is 6.99. The predicted molar refractivity (Wildman–Crippen MR) is 128 cm³/mol. The first-order chi connectivity index (χ1) is 13.9. The third-order valence-electron chi connectivity index (χ3n) is 4.73. The summed E-state index contributed by atoms with van der Waals surface area (Å²) < 4.78 is 6.69. The first-order valence-electron chi connectivity index (χ1n) is 10.3. The summed E-state index contributed by atoms with van der Waals surface area (Å²) in [5.74, 6) is 0. The molecule has 0 saturated carbocycles. The molecule has 0 radical (unpaired) electrons. The summed E-state index contributed by atoms with van der Waals surface area (Å²) in [5, 5.41) is 0. The summed E-state index contributed by atoms with van der Waals surface area (Å²) in [4.78, 5) is 0. The molecule has 0 N–H and O–H groups in total. The van der Waals surface area contributed by atoms with E-state index in [4.69, 9.17) is 4.74 Å². The van der Waals surface area contributed by atoms with Crippen molar-refractivity contribution in [1.82, 2.24) is 0 Å². The Labute approximate surface area is 177 Å². The van der Waals surface area contributed by atoms with Gasteiger partial charge in [0.25, 0.3) is 0 Å². The second kappa shape index (κ2) is 11.4. The minimum absolute atomic E-state index is 0.0354. The summed E-state index contributed by atoms with van der Waals surface area (Å²) in [6, 6.07) is 17.2. The average molecular weight is 387 g/mol. The molecule has 0 bridgehead atoms. The highest BCUT2D eigenvalue weighted by Crippen LogP contribution is 2.34. The van der Waals surface area contributed by atoms with Crippen molar-refractivity contribution in [1.29, 1.82) is 0 Å². The molecule has 2 aromatic carbocycles. The molecule has 2 atom stereocenters. The van der Waals surface area contributed by atoms with Crippen LogP contribution in [0, 0.1) is 0 Å². The van der Waals surface area contributed by atoms with Crippen LogP contribution in [0.2, 0.25) is 0 Å². The van der Waals surface area contributed by atoms with Gasteiger partial charge in [0, 0.05) is 0 Å². The van der Waals surface area contributed by atoms with Crippen molar-refractivity contribution < 1.29 is 4.74 Å². The predicted octanol–water partition coefficient (Wildman–Crippen LogP) is 8.48. The van der Waals surface area contributed by atoms with Crippen molar-refractivity contribution in [3.63, 3.8) is 0 Å². The van der Waals surface area contributed by atoms with E-state index in [0.29, 0.717) is 0 Å². The van der Waals surface area contributed by atoms with Crippen LogP contribution in [-0.2, 0) is 4.74 Å². The summed E-state index contributed by atoms with van der Waals surface area (Å²) in [6.07, 6.45) is 9.84. The van der Waals surface area contributed by atoms with Gasteiger partial charge in [0.1, 0.15) is 0 Å². The maximum Gasteiger partial charge on any atom is 0.0870 e. The van der Waals surface area contributed by atoms with Gasteiger partial charge in [-0.1, -0.05) is 84.0 Å². The average Bonchev–Trinajstić information content (AvgIpc) is 2.68. The zero-order valence-corrected chi connectivity index (χ0v) is 18.3. The van der Waals surface area contributed by atoms with E-state index in [2.05, 4.69) is 99.8 Å². The smallest absolute Gasteiger partial charge is 0.0870 e. The molecular formula is C28H34O. The Morgan fingerprint density at radius 3 is 1.34 bits per heavy atom. The fraction of sp³-hybridized carbons (Fsp3) is 0.286. The van der Waals surface area contributed by atoms with Gasteiger partial charge >= 0.3 is 0 Å². The largest absolute Gasteiger partial charge is 0.365 e. The highest BCUT2D eigenvalue weighted by Gasteiger charge is 2.20. The number of hydrogen-bond acceptors (Lipinski definition) is 1. The van der Waals surface area contributed by atoms with Crippen LogP contribution in [0.1, 0.15) is 75.0 Å². The van der Waals surface area contributed by atoms with Crippen LogP contribution in [0.25, 0.3) is 12.2 Å². The maximum absolute atomic E-state index is 6.69. The number of hydrogen-bond donors (Lipinski definition) is 0. The molecule has 29 heavy (non-hydrogen) atoms. The summed E-state index contributed by atoms with van der Waals surface area (Å²) in [7, 11) is 0. The lowest BCUT2D eigenvalue weighted by molar-refractivity contribution is -0.0146. The van der Waals surface area contributed by atoms with Crippen LogP contribution in [0.4, 0.5) is 0 Å². The van der Waals surface area contributed by atoms with Crippen molar-refractivity contribution in [2.45, 2.75) is 52.7 Å². The molecule has 152 valence electrons. The molecule has 2 unspecified atom stereocenters. The molecule has 2 rings (SSSR count). The molecular weight excluding hydrogens is 352 g/mol. The molecule has 0 aliphatic heterocycles. The zero-order valence-electron chi connectivity index (χ0n) is 18.3. The Morgan fingerprint density at radius 1 is 0.724 bits per heavy atom. The Kier molecular flexibility index (Phi) is 8.89. The molecule has 0 amide bonds. The van der Waals surface area contributed by atoms with E-state index in [1.54, 1.807) is 0 Å². The van der Waals surface area contributed by atoms with E-state index in [9.17, 15) is 0 Å². The molecule has 1 nitrogen and oxygen atoms in total. The lowest BCUT2D eigenvalue weighted by atomic mass is 9.98. The van der Waals surface area contributed by atoms with Gasteiger partial charge in [0.2, 0.25) is 0 Å². The van der Waals surface area contributed by atoms with E-state index in [-0.39, 0.29) is 12.2 Å². The number of ether oxygens (including phenoxy) is 1. The van der Waals surface area contributed by atoms with Gasteiger partial charge in [-0.25, -0.2) is 0 Å². The van der Waals surface area contributed by atoms with Crippen LogP contribution >= 0.6 is 0 Å². The molecule has 0 aliphatic carbocycles. The van der Waals surface area contributed by atoms with Crippen molar-refractivity contribution in [2.24, 2.45) is 0 Å². The number of rotatable bonds is 10. The van der Waals surface area contributed by atoms with E-state index < -0.39 is 0 Å². The Bertz CT molecular complexity index is 777. The van der Waals surface area contributed by atoms with Crippen LogP contribution in [0.3, 0.4) is 0 Å². The third-order valence-corrected chi connectivity index (χ3v) is 4.73. The second-order valence-corrected chi connectivity index (χ2v) is 7.77. The van der Waals surface area contributed by atoms with Crippen LogP contribution in [-0.4, -0.2) is 0 Å². The van der Waals surface area contributed by atoms with E-state index in [1.165, 1.54) is 22.3 Å². The van der Waals surface area contributed by atoms with Gasteiger partial charge in [-0.2, -0.15) is 0 Å². The van der Waals surface area contributed by atoms with Crippen LogP contribution < -0.4 is 0 Å². The first kappa shape index (κ1) is 22.6. The van der Waals surface area contributed by atoms with Gasteiger partial charge in [-0.3, -0.25) is 0 Å². The Balaban J connectivity index is 2.31. The van der Waals surface area contributed by atoms with Gasteiger partial charge in [-0.05, 0) is 62.8 Å². The highest BCUT2D eigenvalue weighted by molar-refractivity contribution is 5.50. The molecule has 0 spiro atoms. The van der Waals surface area contributed by atoms with E-state index in [0.717, 1.165) is 24.0 Å². The van der Waals surface area contributed by atoms with Crippen molar-refractivity contribution in [2.75, 3.05) is 0 Å². The molecule has 0 aromatic heterocycles. The van der Waals surface area contributed by atoms with Crippen LogP contribution in [0.15, 0.2) is 85.0 Å². The number of allylic oxidation sites excluding steroid dienone is 2. The fourth-order valence-corrected chi connectivity index (χ4v) is 3.35. The topological polar surface area (TPSA) is 9.23 Å². The van der Waals surface area contributed by atoms with Gasteiger partial charge < -0.3 is 4.74 Å². The molecule has 1 heteroatoms. The minimum atomic E-state index is -0.0354. The summed E-state index contributed by atoms with van der Waals surface area (Å²) in [6.45, 7) is 16.4. The van der Waals surface area contributed by atoms with Crippen LogP contribution in [0.5, 0.6) is 0 Å². The Hall–Kier alpha value is -2.64. The van der Waals surface area contributed by atoms with E-state index >= 15 is 0 Å². The normalized spacial score (nSPS) is 13.7. The quantitative estimate of drug-likeness (QED) is 0.372. The maximum atomic E-state index is 6.69. The van der Waals surface area contributed by atoms with Crippen molar-refractivity contribution in [3.8, 4) is 0 Å². The van der Waals surface area contributed by atoms with Crippen molar-refractivity contribution in [3.05, 3.63) is 107 Å². The minimum Gasteiger partial charge on any atom is -0.365 e. The molecule has 0 fully saturated rings. The summed E-state index contributed by atoms with van der Waals surface area (Å²) >= 11 is 0. The van der Waals surface area contributed by atoms with Crippen molar-refractivity contribution >= 4 is 12.2 Å². The molecule has 0 aliphatic rings. The molecule has 2 aromatic rings. The first-order valence-corrected chi connectivity index (χ1v) is 10.3. The Morgan fingerprint density at radius 2 is 1.07 bits per heavy atom. The highest BCUT2D eigenvalue weighted by atomic mass is 16.5. The second-order valence-electron chi connectivity index (χ2n) is 7.77. The molecule has 0 saturated heterocycles. The fourth-order valence-electron chi connectivity index (χ4n) is 3.35.